The molecule has 1 fully saturated rings. The van der Waals surface area contributed by atoms with Crippen molar-refractivity contribution >= 4 is 28.7 Å². The fourth-order valence-electron chi connectivity index (χ4n) is 3.65. The molecule has 0 saturated carbocycles. The molecule has 6 nitrogen and oxygen atoms in total. The first-order valence-corrected chi connectivity index (χ1v) is 11.5. The van der Waals surface area contributed by atoms with E-state index in [9.17, 15) is 23.2 Å². The van der Waals surface area contributed by atoms with E-state index >= 15 is 0 Å². The number of carbonyl (C=O) groups excluding carboxylic acids is 3. The van der Waals surface area contributed by atoms with Gasteiger partial charge in [-0.1, -0.05) is 37.7 Å². The lowest BCUT2D eigenvalue weighted by molar-refractivity contribution is -0.131. The summed E-state index contributed by atoms with van der Waals surface area (Å²) in [4.78, 5) is 39.1. The van der Waals surface area contributed by atoms with E-state index in [-0.39, 0.29) is 47.8 Å². The third-order valence-electron chi connectivity index (χ3n) is 5.42. The second-order valence-electron chi connectivity index (χ2n) is 8.11. The van der Waals surface area contributed by atoms with Crippen LogP contribution in [-0.2, 0) is 26.7 Å². The maximum atomic E-state index is 14.1. The number of rotatable bonds is 9. The fourth-order valence-corrected chi connectivity index (χ4v) is 4.61. The summed E-state index contributed by atoms with van der Waals surface area (Å²) in [6.07, 6.45) is 2.20. The maximum Gasteiger partial charge on any atom is 0.223 e. The van der Waals surface area contributed by atoms with Crippen LogP contribution in [0.3, 0.4) is 0 Å². The number of halogens is 2. The third kappa shape index (κ3) is 5.97. The Hall–Kier alpha value is -2.68. The van der Waals surface area contributed by atoms with Gasteiger partial charge in [-0.05, 0) is 30.5 Å². The van der Waals surface area contributed by atoms with E-state index in [1.165, 1.54) is 23.3 Å². The van der Waals surface area contributed by atoms with Gasteiger partial charge in [0, 0.05) is 31.0 Å². The molecule has 2 aromatic rings. The van der Waals surface area contributed by atoms with E-state index in [4.69, 9.17) is 4.42 Å². The summed E-state index contributed by atoms with van der Waals surface area (Å²) in [7, 11) is 0. The number of thioether (sulfide) groups is 1. The molecule has 2 atom stereocenters. The average molecular weight is 465 g/mol. The number of furan rings is 1. The van der Waals surface area contributed by atoms with Crippen LogP contribution in [0.5, 0.6) is 0 Å². The first-order valence-electron chi connectivity index (χ1n) is 10.5. The zero-order valence-electron chi connectivity index (χ0n) is 18.0. The molecule has 0 bridgehead atoms. The van der Waals surface area contributed by atoms with Gasteiger partial charge in [0.2, 0.25) is 16.9 Å². The predicted octanol–water partition coefficient (Wildman–Crippen LogP) is 4.04. The van der Waals surface area contributed by atoms with Crippen molar-refractivity contribution in [3.63, 3.8) is 0 Å². The number of hydrogen-bond acceptors (Lipinski definition) is 5. The van der Waals surface area contributed by atoms with Gasteiger partial charge in [0.15, 0.2) is 11.6 Å². The van der Waals surface area contributed by atoms with E-state index in [1.807, 2.05) is 13.8 Å². The first-order chi connectivity index (χ1) is 15.3. The minimum Gasteiger partial charge on any atom is -0.468 e. The van der Waals surface area contributed by atoms with Gasteiger partial charge in [0.05, 0.1) is 12.0 Å². The Kier molecular flexibility index (Phi) is 8.06. The fraction of sp³-hybridized carbons (Fsp3) is 0.435. The molecule has 0 spiro atoms. The molecular formula is C23H26F2N2O4S. The first kappa shape index (κ1) is 24.0. The van der Waals surface area contributed by atoms with Crippen molar-refractivity contribution in [1.82, 2.24) is 10.2 Å². The van der Waals surface area contributed by atoms with Gasteiger partial charge in [0.1, 0.15) is 11.8 Å². The molecule has 1 aromatic heterocycles. The summed E-state index contributed by atoms with van der Waals surface area (Å²) < 4.78 is 32.8. The summed E-state index contributed by atoms with van der Waals surface area (Å²) in [6, 6.07) is 6.21. The zero-order valence-corrected chi connectivity index (χ0v) is 18.8. The molecule has 2 heterocycles. The van der Waals surface area contributed by atoms with Crippen molar-refractivity contribution < 1.29 is 27.6 Å². The molecule has 1 aliphatic heterocycles. The van der Waals surface area contributed by atoms with E-state index in [0.717, 1.165) is 17.8 Å². The lowest BCUT2D eigenvalue weighted by Crippen LogP contribution is -2.45. The maximum absolute atomic E-state index is 14.1. The smallest absolute Gasteiger partial charge is 0.223 e. The Labute approximate surface area is 189 Å². The van der Waals surface area contributed by atoms with E-state index in [1.54, 1.807) is 12.1 Å². The molecule has 1 aromatic carbocycles. The number of amides is 2. The largest absolute Gasteiger partial charge is 0.468 e. The molecule has 172 valence electrons. The van der Waals surface area contributed by atoms with Gasteiger partial charge in [-0.25, -0.2) is 8.78 Å². The van der Waals surface area contributed by atoms with Crippen LogP contribution >= 0.6 is 11.8 Å². The Balaban J connectivity index is 1.60. The van der Waals surface area contributed by atoms with Crippen LogP contribution in [0.2, 0.25) is 0 Å². The van der Waals surface area contributed by atoms with Gasteiger partial charge in [-0.3, -0.25) is 14.4 Å². The van der Waals surface area contributed by atoms with Crippen molar-refractivity contribution in [2.45, 2.75) is 57.5 Å². The predicted molar refractivity (Wildman–Crippen MR) is 116 cm³/mol. The second kappa shape index (κ2) is 10.8. The van der Waals surface area contributed by atoms with Gasteiger partial charge < -0.3 is 14.6 Å². The summed E-state index contributed by atoms with van der Waals surface area (Å²) in [6.45, 7) is 3.58. The van der Waals surface area contributed by atoms with Crippen LogP contribution < -0.4 is 5.32 Å². The number of nitrogens with one attached hydrogen (secondary N) is 1. The molecular weight excluding hydrogens is 438 g/mol. The van der Waals surface area contributed by atoms with Crippen molar-refractivity contribution in [2.75, 3.05) is 0 Å². The number of carbonyl (C=O) groups is 3. The van der Waals surface area contributed by atoms with Crippen molar-refractivity contribution in [3.8, 4) is 0 Å². The normalized spacial score (nSPS) is 17.1. The van der Waals surface area contributed by atoms with Crippen LogP contribution in [0.25, 0.3) is 0 Å². The summed E-state index contributed by atoms with van der Waals surface area (Å²) >= 11 is 1.07. The van der Waals surface area contributed by atoms with Gasteiger partial charge in [-0.15, -0.1) is 0 Å². The number of hydrogen-bond donors (Lipinski definition) is 1. The van der Waals surface area contributed by atoms with Crippen molar-refractivity contribution in [1.29, 1.82) is 0 Å². The van der Waals surface area contributed by atoms with Gasteiger partial charge in [-0.2, -0.15) is 0 Å². The van der Waals surface area contributed by atoms with Gasteiger partial charge in [0.25, 0.3) is 0 Å². The molecule has 32 heavy (non-hydrogen) atoms. The molecule has 1 saturated heterocycles. The Morgan fingerprint density at radius 1 is 1.25 bits per heavy atom. The lowest BCUT2D eigenvalue weighted by atomic mass is 10.0. The van der Waals surface area contributed by atoms with Crippen molar-refractivity contribution in [3.05, 3.63) is 59.6 Å². The summed E-state index contributed by atoms with van der Waals surface area (Å²) in [5.41, 5.74) is 0.0650. The van der Waals surface area contributed by atoms with E-state index in [0.29, 0.717) is 17.9 Å². The number of likely N-dealkylation sites (tertiary alicyclic amines) is 1. The molecule has 1 aliphatic rings. The second-order valence-corrected chi connectivity index (χ2v) is 9.09. The summed E-state index contributed by atoms with van der Waals surface area (Å²) in [5, 5.41) is 2.61. The molecule has 2 amide bonds. The highest BCUT2D eigenvalue weighted by molar-refractivity contribution is 8.13. The molecule has 0 unspecified atom stereocenters. The average Bonchev–Trinajstić information content (AvgIpc) is 3.38. The van der Waals surface area contributed by atoms with E-state index in [2.05, 4.69) is 5.32 Å². The quantitative estimate of drug-likeness (QED) is 0.606. The molecule has 0 radical (unpaired) electrons. The number of nitrogens with zero attached hydrogens (tertiary/aromatic N) is 1. The highest BCUT2D eigenvalue weighted by Gasteiger charge is 2.34. The highest BCUT2D eigenvalue weighted by atomic mass is 32.2. The zero-order chi connectivity index (χ0) is 23.3. The third-order valence-corrected chi connectivity index (χ3v) is 6.39. The Morgan fingerprint density at radius 2 is 2.03 bits per heavy atom. The monoisotopic (exact) mass is 464 g/mol. The van der Waals surface area contributed by atoms with Crippen molar-refractivity contribution in [2.24, 2.45) is 5.92 Å². The summed E-state index contributed by atoms with van der Waals surface area (Å²) in [5.74, 6) is -1.63. The molecule has 1 N–H and O–H groups in total. The number of benzene rings is 1. The van der Waals surface area contributed by atoms with Crippen LogP contribution in [0, 0.1) is 17.6 Å². The molecule has 0 aliphatic carbocycles. The SMILES string of the molecule is CC(C)[C@H](NC(=O)C[C@@H]1CCC(=O)N1Cc1cccc(F)c1F)C(=O)SCc1ccco1. The topological polar surface area (TPSA) is 79.6 Å². The minimum atomic E-state index is -0.991. The standard InChI is InChI=1S/C23H26F2N2O4S/c1-14(2)22(23(30)32-13-17-6-4-10-31-17)26-19(28)11-16-8-9-20(29)27(16)12-15-5-3-7-18(24)21(15)25/h3-7,10,14,16,22H,8-9,11-13H2,1-2H3,(H,26,28)/t16-,22-/m0/s1. The molecule has 9 heteroatoms. The van der Waals surface area contributed by atoms with Crippen LogP contribution in [0.1, 0.15) is 44.4 Å². The van der Waals surface area contributed by atoms with Crippen LogP contribution in [0.15, 0.2) is 41.0 Å². The lowest BCUT2D eigenvalue weighted by Gasteiger charge is -2.26. The Morgan fingerprint density at radius 3 is 2.72 bits per heavy atom. The van der Waals surface area contributed by atoms with Crippen LogP contribution in [-0.4, -0.2) is 33.9 Å². The van der Waals surface area contributed by atoms with E-state index < -0.39 is 23.7 Å². The van der Waals surface area contributed by atoms with Crippen LogP contribution in [0.4, 0.5) is 8.78 Å². The Bertz CT molecular complexity index is 965. The van der Waals surface area contributed by atoms with Gasteiger partial charge >= 0.3 is 0 Å². The molecule has 3 rings (SSSR count). The minimum absolute atomic E-state index is 0.0119. The highest BCUT2D eigenvalue weighted by Crippen LogP contribution is 2.26.